The zero-order chi connectivity index (χ0) is 19.8. The van der Waals surface area contributed by atoms with Crippen LogP contribution in [0.4, 0.5) is 8.78 Å². The Bertz CT molecular complexity index is 785. The molecule has 0 unspecified atom stereocenters. The van der Waals surface area contributed by atoms with Gasteiger partial charge in [-0.2, -0.15) is 8.78 Å². The Morgan fingerprint density at radius 3 is 2.48 bits per heavy atom. The highest BCUT2D eigenvalue weighted by Crippen LogP contribution is 2.26. The van der Waals surface area contributed by atoms with Gasteiger partial charge in [0.25, 0.3) is 11.7 Å². The number of likely N-dealkylation sites (N-methyl/N-ethyl adjacent to an activating group) is 1. The number of rotatable bonds is 8. The fraction of sp³-hybridized carbons (Fsp3) is 0.316. The molecule has 27 heavy (non-hydrogen) atoms. The van der Waals surface area contributed by atoms with Crippen LogP contribution in [0.5, 0.6) is 0 Å². The second kappa shape index (κ2) is 10.0. The molecule has 0 saturated carbocycles. The Kier molecular flexibility index (Phi) is 7.72. The maximum atomic E-state index is 12.5. The largest absolute Gasteiger partial charge is 0.452 e. The Labute approximate surface area is 160 Å². The zero-order valence-electron chi connectivity index (χ0n) is 15.0. The van der Waals surface area contributed by atoms with Crippen LogP contribution in [-0.4, -0.2) is 41.2 Å². The maximum Gasteiger partial charge on any atom is 0.341 e. The van der Waals surface area contributed by atoms with Crippen molar-refractivity contribution in [2.45, 2.75) is 30.7 Å². The number of esters is 1. The van der Waals surface area contributed by atoms with Gasteiger partial charge in [0.15, 0.2) is 6.61 Å². The molecular weight excluding hydrogens is 374 g/mol. The topological polar surface area (TPSA) is 59.5 Å². The number of hydrogen-bond acceptors (Lipinski definition) is 5. The van der Waals surface area contributed by atoms with E-state index in [-0.39, 0.29) is 22.4 Å². The maximum absolute atomic E-state index is 12.5. The molecule has 1 aromatic carbocycles. The highest BCUT2D eigenvalue weighted by molar-refractivity contribution is 7.99. The molecule has 2 aromatic rings. The van der Waals surface area contributed by atoms with Gasteiger partial charge in [-0.05, 0) is 41.4 Å². The third-order valence-corrected chi connectivity index (χ3v) is 4.52. The molecule has 0 aliphatic heterocycles. The van der Waals surface area contributed by atoms with E-state index in [9.17, 15) is 18.4 Å². The van der Waals surface area contributed by atoms with E-state index in [1.807, 2.05) is 24.3 Å². The summed E-state index contributed by atoms with van der Waals surface area (Å²) in [5, 5.41) is -0.130. The number of amides is 1. The number of ether oxygens (including phenoxy) is 1. The van der Waals surface area contributed by atoms with Crippen molar-refractivity contribution in [3.05, 3.63) is 59.3 Å². The molecule has 5 nitrogen and oxygen atoms in total. The van der Waals surface area contributed by atoms with Crippen LogP contribution in [0.1, 0.15) is 28.4 Å². The molecule has 0 saturated heterocycles. The SMILES string of the molecule is CCc1ccc(CN(C)C(=O)COC(=O)c2cccnc2SC(F)F)cc1. The molecule has 0 spiro atoms. The van der Waals surface area contributed by atoms with E-state index in [0.29, 0.717) is 6.54 Å². The number of nitrogens with zero attached hydrogens (tertiary/aromatic N) is 2. The third kappa shape index (κ3) is 6.32. The second-order valence-corrected chi connectivity index (χ2v) is 6.71. The lowest BCUT2D eigenvalue weighted by molar-refractivity contribution is -0.133. The van der Waals surface area contributed by atoms with E-state index in [1.165, 1.54) is 28.8 Å². The van der Waals surface area contributed by atoms with Gasteiger partial charge < -0.3 is 9.64 Å². The summed E-state index contributed by atoms with van der Waals surface area (Å²) >= 11 is 0.158. The predicted octanol–water partition coefficient (Wildman–Crippen LogP) is 3.77. The lowest BCUT2D eigenvalue weighted by Gasteiger charge is -2.17. The molecule has 0 fully saturated rings. The van der Waals surface area contributed by atoms with Gasteiger partial charge >= 0.3 is 5.97 Å². The number of halogens is 2. The van der Waals surface area contributed by atoms with Crippen molar-refractivity contribution in [1.82, 2.24) is 9.88 Å². The van der Waals surface area contributed by atoms with Gasteiger partial charge in [0.2, 0.25) is 0 Å². The monoisotopic (exact) mass is 394 g/mol. The summed E-state index contributed by atoms with van der Waals surface area (Å²) in [6, 6.07) is 10.7. The van der Waals surface area contributed by atoms with E-state index in [1.54, 1.807) is 7.05 Å². The van der Waals surface area contributed by atoms with E-state index in [4.69, 9.17) is 4.74 Å². The van der Waals surface area contributed by atoms with Crippen molar-refractivity contribution in [3.8, 4) is 0 Å². The van der Waals surface area contributed by atoms with Crippen molar-refractivity contribution in [2.75, 3.05) is 13.7 Å². The summed E-state index contributed by atoms with van der Waals surface area (Å²) in [6.45, 7) is 1.96. The molecule has 0 aliphatic carbocycles. The Morgan fingerprint density at radius 1 is 1.19 bits per heavy atom. The first kappa shape index (κ1) is 20.8. The average molecular weight is 394 g/mol. The summed E-state index contributed by atoms with van der Waals surface area (Å²) in [6.07, 6.45) is 2.25. The van der Waals surface area contributed by atoms with Crippen molar-refractivity contribution >= 4 is 23.6 Å². The van der Waals surface area contributed by atoms with Crippen LogP contribution < -0.4 is 0 Å². The first-order valence-electron chi connectivity index (χ1n) is 8.29. The Balaban J connectivity index is 1.91. The van der Waals surface area contributed by atoms with Crippen LogP contribution in [0.3, 0.4) is 0 Å². The van der Waals surface area contributed by atoms with Crippen LogP contribution in [0, 0.1) is 0 Å². The molecule has 2 rings (SSSR count). The molecule has 0 aliphatic rings. The highest BCUT2D eigenvalue weighted by atomic mass is 32.2. The second-order valence-electron chi connectivity index (χ2n) is 5.73. The minimum absolute atomic E-state index is 0.0894. The Hall–Kier alpha value is -2.48. The van der Waals surface area contributed by atoms with Gasteiger partial charge in [-0.1, -0.05) is 31.2 Å². The van der Waals surface area contributed by atoms with E-state index >= 15 is 0 Å². The molecule has 144 valence electrons. The van der Waals surface area contributed by atoms with Crippen LogP contribution in [-0.2, 0) is 22.5 Å². The summed E-state index contributed by atoms with van der Waals surface area (Å²) in [5.74, 6) is -3.96. The van der Waals surface area contributed by atoms with Gasteiger partial charge in [-0.15, -0.1) is 0 Å². The first-order valence-corrected chi connectivity index (χ1v) is 9.17. The van der Waals surface area contributed by atoms with Crippen LogP contribution >= 0.6 is 11.8 Å². The molecule has 0 radical (unpaired) electrons. The first-order chi connectivity index (χ1) is 12.9. The molecule has 0 N–H and O–H groups in total. The van der Waals surface area contributed by atoms with Gasteiger partial charge in [0.05, 0.1) is 5.56 Å². The lowest BCUT2D eigenvalue weighted by Crippen LogP contribution is -2.30. The van der Waals surface area contributed by atoms with Gasteiger partial charge in [-0.3, -0.25) is 4.79 Å². The average Bonchev–Trinajstić information content (AvgIpc) is 2.66. The van der Waals surface area contributed by atoms with E-state index < -0.39 is 24.2 Å². The minimum Gasteiger partial charge on any atom is -0.452 e. The quantitative estimate of drug-likeness (QED) is 0.504. The number of hydrogen-bond donors (Lipinski definition) is 0. The number of pyridine rings is 1. The lowest BCUT2D eigenvalue weighted by atomic mass is 10.1. The minimum atomic E-state index is -2.71. The smallest absolute Gasteiger partial charge is 0.341 e. The Morgan fingerprint density at radius 2 is 1.85 bits per heavy atom. The van der Waals surface area contributed by atoms with E-state index in [2.05, 4.69) is 11.9 Å². The number of carbonyl (C=O) groups excluding carboxylic acids is 2. The van der Waals surface area contributed by atoms with Crippen LogP contribution in [0.2, 0.25) is 0 Å². The number of thioether (sulfide) groups is 1. The third-order valence-electron chi connectivity index (χ3n) is 3.80. The van der Waals surface area contributed by atoms with Crippen LogP contribution in [0.25, 0.3) is 0 Å². The molecule has 1 amide bonds. The standard InChI is InChI=1S/C19H20F2N2O3S/c1-3-13-6-8-14(9-7-13)11-23(2)16(24)12-26-18(25)15-5-4-10-22-17(15)27-19(20)21/h4-10,19H,3,11-12H2,1-2H3. The number of benzene rings is 1. The number of alkyl halides is 2. The van der Waals surface area contributed by atoms with Crippen molar-refractivity contribution < 1.29 is 23.1 Å². The highest BCUT2D eigenvalue weighted by Gasteiger charge is 2.19. The summed E-state index contributed by atoms with van der Waals surface area (Å²) < 4.78 is 30.1. The molecule has 1 heterocycles. The molecule has 0 bridgehead atoms. The summed E-state index contributed by atoms with van der Waals surface area (Å²) in [7, 11) is 1.60. The van der Waals surface area contributed by atoms with Gasteiger partial charge in [0.1, 0.15) is 5.03 Å². The van der Waals surface area contributed by atoms with E-state index in [0.717, 1.165) is 12.0 Å². The molecule has 8 heteroatoms. The zero-order valence-corrected chi connectivity index (χ0v) is 15.8. The predicted molar refractivity (Wildman–Crippen MR) is 98.7 cm³/mol. The number of carbonyl (C=O) groups is 2. The fourth-order valence-electron chi connectivity index (χ4n) is 2.28. The van der Waals surface area contributed by atoms with Gasteiger partial charge in [-0.25, -0.2) is 9.78 Å². The molecule has 0 atom stereocenters. The summed E-state index contributed by atoms with van der Waals surface area (Å²) in [5.41, 5.74) is 2.07. The normalized spacial score (nSPS) is 10.7. The number of aryl methyl sites for hydroxylation is 1. The van der Waals surface area contributed by atoms with Crippen molar-refractivity contribution in [1.29, 1.82) is 0 Å². The van der Waals surface area contributed by atoms with Crippen molar-refractivity contribution in [3.63, 3.8) is 0 Å². The molecular formula is C19H20F2N2O3S. The van der Waals surface area contributed by atoms with Crippen molar-refractivity contribution in [2.24, 2.45) is 0 Å². The van der Waals surface area contributed by atoms with Crippen LogP contribution in [0.15, 0.2) is 47.6 Å². The fourth-order valence-corrected chi connectivity index (χ4v) is 2.85. The summed E-state index contributed by atoms with van der Waals surface area (Å²) in [4.78, 5) is 29.5. The number of aromatic nitrogens is 1. The van der Waals surface area contributed by atoms with Gasteiger partial charge in [0, 0.05) is 19.8 Å². The molecule has 1 aromatic heterocycles.